The molecule has 4 rings (SSSR count). The number of nitrogens with two attached hydrogens (primary N) is 1. The fraction of sp³-hybridized carbons (Fsp3) is 0.261. The van der Waals surface area contributed by atoms with Gasteiger partial charge < -0.3 is 4.52 Å². The molecule has 2 N–H and O–H groups in total. The largest absolute Gasteiger partial charge is 0.356 e. The standard InChI is InChI=1S/C23H24N4O2S/c1-23(2,30(24)28)15-16(14-21-25-12-7-13-26-21)17-8-3-4-9-18(17)22-19-10-5-6-11-20(19)29-27-22/h3-13,16H,14-15,24H2,1-2H3/t16-,30?/m0/s1. The van der Waals surface area contributed by atoms with Crippen LogP contribution in [0.3, 0.4) is 0 Å². The van der Waals surface area contributed by atoms with Crippen LogP contribution in [0.25, 0.3) is 22.2 Å². The van der Waals surface area contributed by atoms with Crippen molar-refractivity contribution < 1.29 is 8.73 Å². The topological polar surface area (TPSA) is 94.9 Å². The lowest BCUT2D eigenvalue weighted by Gasteiger charge is -2.28. The Morgan fingerprint density at radius 2 is 1.73 bits per heavy atom. The molecule has 0 bridgehead atoms. The Hall–Kier alpha value is -2.90. The van der Waals surface area contributed by atoms with Crippen LogP contribution in [0.2, 0.25) is 0 Å². The molecule has 0 saturated carbocycles. The molecule has 1 unspecified atom stereocenters. The average Bonchev–Trinajstić information content (AvgIpc) is 3.18. The van der Waals surface area contributed by atoms with Gasteiger partial charge in [0.2, 0.25) is 0 Å². The highest BCUT2D eigenvalue weighted by atomic mass is 32.2. The molecule has 4 aromatic rings. The van der Waals surface area contributed by atoms with Crippen molar-refractivity contribution in [1.82, 2.24) is 15.1 Å². The van der Waals surface area contributed by atoms with Crippen LogP contribution in [0.5, 0.6) is 0 Å². The van der Waals surface area contributed by atoms with Gasteiger partial charge in [-0.05, 0) is 49.9 Å². The zero-order valence-electron chi connectivity index (χ0n) is 17.0. The SMILES string of the molecule is CC(C)(C[C@H](Cc1ncccn1)c1ccccc1-c1noc2ccccc12)S(N)=O. The van der Waals surface area contributed by atoms with Crippen molar-refractivity contribution >= 4 is 22.0 Å². The van der Waals surface area contributed by atoms with Crippen LogP contribution >= 0.6 is 0 Å². The molecule has 0 aliphatic heterocycles. The molecule has 0 radical (unpaired) electrons. The van der Waals surface area contributed by atoms with E-state index in [0.29, 0.717) is 12.8 Å². The number of para-hydroxylation sites is 1. The maximum atomic E-state index is 12.2. The first-order chi connectivity index (χ1) is 14.5. The van der Waals surface area contributed by atoms with Crippen molar-refractivity contribution in [2.75, 3.05) is 0 Å². The first-order valence-corrected chi connectivity index (χ1v) is 11.0. The zero-order chi connectivity index (χ0) is 21.1. The summed E-state index contributed by atoms with van der Waals surface area (Å²) in [5, 5.41) is 11.1. The summed E-state index contributed by atoms with van der Waals surface area (Å²) in [5.74, 6) is 0.738. The number of nitrogens with zero attached hydrogens (tertiary/aromatic N) is 3. The molecule has 6 nitrogen and oxygen atoms in total. The van der Waals surface area contributed by atoms with Crippen LogP contribution in [-0.4, -0.2) is 24.1 Å². The van der Waals surface area contributed by atoms with Gasteiger partial charge in [-0.2, -0.15) is 0 Å². The van der Waals surface area contributed by atoms with Gasteiger partial charge in [-0.25, -0.2) is 14.2 Å². The van der Waals surface area contributed by atoms with E-state index in [2.05, 4.69) is 21.2 Å². The highest BCUT2D eigenvalue weighted by molar-refractivity contribution is 7.84. The van der Waals surface area contributed by atoms with Crippen LogP contribution in [0, 0.1) is 0 Å². The summed E-state index contributed by atoms with van der Waals surface area (Å²) in [7, 11) is -1.47. The minimum Gasteiger partial charge on any atom is -0.356 e. The number of hydrogen-bond acceptors (Lipinski definition) is 5. The van der Waals surface area contributed by atoms with Gasteiger partial charge in [0.1, 0.15) is 11.5 Å². The van der Waals surface area contributed by atoms with Crippen LogP contribution in [-0.2, 0) is 17.4 Å². The lowest BCUT2D eigenvalue weighted by Crippen LogP contribution is -2.34. The van der Waals surface area contributed by atoms with Crippen molar-refractivity contribution in [3.8, 4) is 11.3 Å². The quantitative estimate of drug-likeness (QED) is 0.478. The molecule has 154 valence electrons. The van der Waals surface area contributed by atoms with E-state index in [1.165, 1.54) is 0 Å². The molecule has 2 aromatic carbocycles. The fourth-order valence-corrected chi connectivity index (χ4v) is 4.14. The van der Waals surface area contributed by atoms with E-state index in [4.69, 9.17) is 9.66 Å². The lowest BCUT2D eigenvalue weighted by atomic mass is 9.83. The molecule has 0 spiro atoms. The molecule has 2 atom stereocenters. The second kappa shape index (κ2) is 8.45. The van der Waals surface area contributed by atoms with Crippen LogP contribution < -0.4 is 5.14 Å². The average molecular weight is 421 g/mol. The molecule has 0 fully saturated rings. The molecule has 0 aliphatic carbocycles. The fourth-order valence-electron chi connectivity index (χ4n) is 3.77. The van der Waals surface area contributed by atoms with Gasteiger partial charge in [0, 0.05) is 29.8 Å². The maximum Gasteiger partial charge on any atom is 0.167 e. The molecule has 0 amide bonds. The van der Waals surface area contributed by atoms with Crippen LogP contribution in [0.4, 0.5) is 0 Å². The van der Waals surface area contributed by atoms with E-state index in [1.54, 1.807) is 18.5 Å². The summed E-state index contributed by atoms with van der Waals surface area (Å²) in [5.41, 5.74) is 3.62. The maximum absolute atomic E-state index is 12.2. The summed E-state index contributed by atoms with van der Waals surface area (Å²) in [6.45, 7) is 3.85. The van der Waals surface area contributed by atoms with E-state index in [9.17, 15) is 4.21 Å². The summed E-state index contributed by atoms with van der Waals surface area (Å²) < 4.78 is 17.2. The van der Waals surface area contributed by atoms with Crippen LogP contribution in [0.1, 0.15) is 37.6 Å². The van der Waals surface area contributed by atoms with Crippen LogP contribution in [0.15, 0.2) is 71.5 Å². The van der Waals surface area contributed by atoms with E-state index in [1.807, 2.05) is 56.3 Å². The molecule has 30 heavy (non-hydrogen) atoms. The predicted molar refractivity (Wildman–Crippen MR) is 119 cm³/mol. The summed E-state index contributed by atoms with van der Waals surface area (Å²) in [6.07, 6.45) is 4.70. The Labute approximate surface area is 178 Å². The Bertz CT molecular complexity index is 1170. The van der Waals surface area contributed by atoms with Gasteiger partial charge in [0.25, 0.3) is 0 Å². The molecular formula is C23H24N4O2S. The molecule has 2 heterocycles. The van der Waals surface area contributed by atoms with Crippen molar-refractivity contribution in [3.63, 3.8) is 0 Å². The third-order valence-corrected chi connectivity index (χ3v) is 6.62. The first kappa shape index (κ1) is 20.4. The third-order valence-electron chi connectivity index (χ3n) is 5.36. The van der Waals surface area contributed by atoms with Crippen molar-refractivity contribution in [3.05, 3.63) is 78.4 Å². The van der Waals surface area contributed by atoms with E-state index in [0.717, 1.165) is 33.6 Å². The Balaban J connectivity index is 1.82. The first-order valence-electron chi connectivity index (χ1n) is 9.81. The molecule has 0 saturated heterocycles. The van der Waals surface area contributed by atoms with Gasteiger partial charge in [-0.1, -0.05) is 41.6 Å². The van der Waals surface area contributed by atoms with Gasteiger partial charge in [0.15, 0.2) is 5.58 Å². The number of hydrogen-bond donors (Lipinski definition) is 1. The summed E-state index contributed by atoms with van der Waals surface area (Å²) in [4.78, 5) is 8.82. The third kappa shape index (κ3) is 4.17. The number of benzene rings is 2. The minimum atomic E-state index is -1.47. The van der Waals surface area contributed by atoms with Gasteiger partial charge in [-0.3, -0.25) is 5.14 Å². The predicted octanol–water partition coefficient (Wildman–Crippen LogP) is 4.40. The molecule has 0 aliphatic rings. The van der Waals surface area contributed by atoms with E-state index < -0.39 is 15.7 Å². The second-order valence-electron chi connectivity index (χ2n) is 7.94. The normalized spacial score (nSPS) is 14.0. The highest BCUT2D eigenvalue weighted by Gasteiger charge is 2.31. The molecule has 7 heteroatoms. The van der Waals surface area contributed by atoms with Crippen molar-refractivity contribution in [2.24, 2.45) is 5.14 Å². The Kier molecular flexibility index (Phi) is 5.74. The summed E-state index contributed by atoms with van der Waals surface area (Å²) in [6, 6.07) is 17.7. The molecular weight excluding hydrogens is 396 g/mol. The Morgan fingerprint density at radius 1 is 1.03 bits per heavy atom. The number of fused-ring (bicyclic) bond motifs is 1. The van der Waals surface area contributed by atoms with E-state index >= 15 is 0 Å². The van der Waals surface area contributed by atoms with Gasteiger partial charge in [0.05, 0.1) is 15.7 Å². The Morgan fingerprint density at radius 3 is 2.50 bits per heavy atom. The second-order valence-corrected chi connectivity index (χ2v) is 9.64. The number of rotatable bonds is 7. The summed E-state index contributed by atoms with van der Waals surface area (Å²) >= 11 is 0. The van der Waals surface area contributed by atoms with Crippen molar-refractivity contribution in [1.29, 1.82) is 0 Å². The van der Waals surface area contributed by atoms with Gasteiger partial charge in [-0.15, -0.1) is 0 Å². The highest BCUT2D eigenvalue weighted by Crippen LogP contribution is 2.38. The monoisotopic (exact) mass is 420 g/mol. The smallest absolute Gasteiger partial charge is 0.167 e. The molecule has 2 aromatic heterocycles. The zero-order valence-corrected chi connectivity index (χ0v) is 17.8. The van der Waals surface area contributed by atoms with Crippen molar-refractivity contribution in [2.45, 2.75) is 37.4 Å². The number of aromatic nitrogens is 3. The van der Waals surface area contributed by atoms with E-state index in [-0.39, 0.29) is 5.92 Å². The minimum absolute atomic E-state index is 0.00145. The lowest BCUT2D eigenvalue weighted by molar-refractivity contribution is 0.459. The van der Waals surface area contributed by atoms with Gasteiger partial charge >= 0.3 is 0 Å².